The first-order valence-corrected chi connectivity index (χ1v) is 5.76. The molecule has 0 bridgehead atoms. The minimum Gasteiger partial charge on any atom is -0.467 e. The molecule has 0 spiro atoms. The van der Waals surface area contributed by atoms with E-state index in [9.17, 15) is 0 Å². The molecule has 0 atom stereocenters. The number of nitrogens with one attached hydrogen (secondary N) is 1. The van der Waals surface area contributed by atoms with Crippen LogP contribution in [-0.2, 0) is 7.05 Å². The fourth-order valence-corrected chi connectivity index (χ4v) is 1.43. The highest BCUT2D eigenvalue weighted by Gasteiger charge is 2.09. The van der Waals surface area contributed by atoms with Gasteiger partial charge in [-0.25, -0.2) is 0 Å². The maximum atomic E-state index is 5.07. The number of ether oxygens (including phenoxy) is 1. The predicted molar refractivity (Wildman–Crippen MR) is 67.4 cm³/mol. The molecule has 2 rings (SSSR count). The van der Waals surface area contributed by atoms with Gasteiger partial charge in [-0.15, -0.1) is 0 Å². The average Bonchev–Trinajstić information content (AvgIpc) is 2.82. The molecule has 2 aromatic heterocycles. The van der Waals surface area contributed by atoms with Crippen molar-refractivity contribution >= 4 is 5.95 Å². The van der Waals surface area contributed by atoms with Crippen molar-refractivity contribution in [3.05, 3.63) is 12.4 Å². The van der Waals surface area contributed by atoms with Crippen LogP contribution in [-0.4, -0.2) is 38.4 Å². The molecule has 0 saturated heterocycles. The van der Waals surface area contributed by atoms with Gasteiger partial charge in [-0.3, -0.25) is 4.68 Å². The Balaban J connectivity index is 2.34. The molecule has 18 heavy (non-hydrogen) atoms. The molecule has 0 radical (unpaired) electrons. The van der Waals surface area contributed by atoms with Crippen molar-refractivity contribution in [3.63, 3.8) is 0 Å². The van der Waals surface area contributed by atoms with Crippen LogP contribution in [0.15, 0.2) is 12.4 Å². The normalized spacial score (nSPS) is 10.4. The molecule has 0 saturated carbocycles. The fourth-order valence-electron chi connectivity index (χ4n) is 1.43. The summed E-state index contributed by atoms with van der Waals surface area (Å²) in [6.07, 6.45) is 4.55. The first-order chi connectivity index (χ1) is 8.72. The van der Waals surface area contributed by atoms with Crippen LogP contribution in [0.25, 0.3) is 11.4 Å². The maximum Gasteiger partial charge on any atom is 0.321 e. The monoisotopic (exact) mass is 248 g/mol. The number of anilines is 1. The van der Waals surface area contributed by atoms with E-state index in [0.717, 1.165) is 18.5 Å². The van der Waals surface area contributed by atoms with E-state index >= 15 is 0 Å². The molecule has 7 nitrogen and oxygen atoms in total. The minimum absolute atomic E-state index is 0.294. The first-order valence-electron chi connectivity index (χ1n) is 5.76. The summed E-state index contributed by atoms with van der Waals surface area (Å²) in [5.74, 6) is 1.07. The van der Waals surface area contributed by atoms with E-state index in [-0.39, 0.29) is 0 Å². The van der Waals surface area contributed by atoms with Crippen molar-refractivity contribution in [1.29, 1.82) is 0 Å². The highest BCUT2D eigenvalue weighted by atomic mass is 16.5. The Morgan fingerprint density at radius 1 is 1.33 bits per heavy atom. The number of aromatic nitrogens is 5. The van der Waals surface area contributed by atoms with Gasteiger partial charge >= 0.3 is 6.01 Å². The van der Waals surface area contributed by atoms with Crippen LogP contribution in [0.2, 0.25) is 0 Å². The predicted octanol–water partition coefficient (Wildman–Crippen LogP) is 1.10. The third kappa shape index (κ3) is 2.73. The molecule has 0 amide bonds. The largest absolute Gasteiger partial charge is 0.467 e. The Morgan fingerprint density at radius 3 is 2.78 bits per heavy atom. The molecule has 7 heteroatoms. The fraction of sp³-hybridized carbons (Fsp3) is 0.455. The van der Waals surface area contributed by atoms with Gasteiger partial charge < -0.3 is 10.1 Å². The van der Waals surface area contributed by atoms with Gasteiger partial charge in [0.15, 0.2) is 5.82 Å². The smallest absolute Gasteiger partial charge is 0.321 e. The summed E-state index contributed by atoms with van der Waals surface area (Å²) in [4.78, 5) is 12.7. The quantitative estimate of drug-likeness (QED) is 0.853. The molecule has 0 aromatic carbocycles. The lowest BCUT2D eigenvalue weighted by atomic mass is 10.3. The van der Waals surface area contributed by atoms with Crippen LogP contribution in [0, 0.1) is 0 Å². The van der Waals surface area contributed by atoms with E-state index in [4.69, 9.17) is 4.74 Å². The van der Waals surface area contributed by atoms with Gasteiger partial charge in [0.05, 0.1) is 18.9 Å². The van der Waals surface area contributed by atoms with Crippen LogP contribution in [0.1, 0.15) is 13.3 Å². The van der Waals surface area contributed by atoms with Gasteiger partial charge in [0, 0.05) is 19.8 Å². The Labute approximate surface area is 105 Å². The number of hydrogen-bond acceptors (Lipinski definition) is 6. The number of rotatable bonds is 5. The van der Waals surface area contributed by atoms with Crippen molar-refractivity contribution in [2.75, 3.05) is 19.0 Å². The van der Waals surface area contributed by atoms with Crippen LogP contribution in [0.5, 0.6) is 6.01 Å². The van der Waals surface area contributed by atoms with Crippen molar-refractivity contribution in [1.82, 2.24) is 24.7 Å². The van der Waals surface area contributed by atoms with Crippen molar-refractivity contribution < 1.29 is 4.74 Å². The molecule has 0 aliphatic rings. The molecule has 0 unspecified atom stereocenters. The van der Waals surface area contributed by atoms with Crippen LogP contribution < -0.4 is 10.1 Å². The van der Waals surface area contributed by atoms with Crippen molar-refractivity contribution in [2.24, 2.45) is 7.05 Å². The SMILES string of the molecule is CCCNc1nc(OC)nc(-c2cnn(C)c2)n1. The molecule has 0 fully saturated rings. The van der Waals surface area contributed by atoms with E-state index in [2.05, 4.69) is 32.3 Å². The Kier molecular flexibility index (Phi) is 3.71. The summed E-state index contributed by atoms with van der Waals surface area (Å²) in [5.41, 5.74) is 0.831. The molecule has 2 heterocycles. The number of hydrogen-bond donors (Lipinski definition) is 1. The lowest BCUT2D eigenvalue weighted by Crippen LogP contribution is -2.07. The number of nitrogens with zero attached hydrogens (tertiary/aromatic N) is 5. The van der Waals surface area contributed by atoms with Crippen molar-refractivity contribution in [2.45, 2.75) is 13.3 Å². The van der Waals surface area contributed by atoms with Gasteiger partial charge in [0.2, 0.25) is 5.95 Å². The lowest BCUT2D eigenvalue weighted by Gasteiger charge is -2.06. The van der Waals surface area contributed by atoms with Crippen molar-refractivity contribution in [3.8, 4) is 17.4 Å². The maximum absolute atomic E-state index is 5.07. The lowest BCUT2D eigenvalue weighted by molar-refractivity contribution is 0.379. The van der Waals surface area contributed by atoms with E-state index in [1.165, 1.54) is 7.11 Å². The van der Waals surface area contributed by atoms with Crippen LogP contribution in [0.3, 0.4) is 0 Å². The average molecular weight is 248 g/mol. The summed E-state index contributed by atoms with van der Waals surface area (Å²) in [5, 5.41) is 7.21. The zero-order chi connectivity index (χ0) is 13.0. The summed E-state index contributed by atoms with van der Waals surface area (Å²) >= 11 is 0. The topological polar surface area (TPSA) is 77.8 Å². The molecule has 0 aliphatic carbocycles. The Bertz CT molecular complexity index is 524. The minimum atomic E-state index is 0.294. The zero-order valence-electron chi connectivity index (χ0n) is 10.7. The van der Waals surface area contributed by atoms with Gasteiger partial charge in [-0.05, 0) is 6.42 Å². The first kappa shape index (κ1) is 12.3. The second kappa shape index (κ2) is 5.44. The molecular formula is C11H16N6O. The summed E-state index contributed by atoms with van der Waals surface area (Å²) in [6.45, 7) is 2.88. The molecule has 2 aromatic rings. The number of methoxy groups -OCH3 is 1. The van der Waals surface area contributed by atoms with Gasteiger partial charge in [0.25, 0.3) is 0 Å². The zero-order valence-corrected chi connectivity index (χ0v) is 10.7. The molecular weight excluding hydrogens is 232 g/mol. The highest BCUT2D eigenvalue weighted by Crippen LogP contribution is 2.17. The van der Waals surface area contributed by atoms with E-state index in [1.807, 2.05) is 13.2 Å². The Hall–Kier alpha value is -2.18. The van der Waals surface area contributed by atoms with Gasteiger partial charge in [-0.2, -0.15) is 20.1 Å². The highest BCUT2D eigenvalue weighted by molar-refractivity contribution is 5.54. The molecule has 0 aliphatic heterocycles. The summed E-state index contributed by atoms with van der Waals surface area (Å²) in [7, 11) is 3.38. The summed E-state index contributed by atoms with van der Waals surface area (Å²) in [6, 6.07) is 0.294. The third-order valence-corrected chi connectivity index (χ3v) is 2.29. The number of aryl methyl sites for hydroxylation is 1. The third-order valence-electron chi connectivity index (χ3n) is 2.29. The van der Waals surface area contributed by atoms with Crippen LogP contribution in [0.4, 0.5) is 5.95 Å². The molecule has 1 N–H and O–H groups in total. The second-order valence-electron chi connectivity index (χ2n) is 3.80. The van der Waals surface area contributed by atoms with E-state index in [1.54, 1.807) is 10.9 Å². The van der Waals surface area contributed by atoms with E-state index < -0.39 is 0 Å². The Morgan fingerprint density at radius 2 is 2.17 bits per heavy atom. The molecule has 96 valence electrons. The second-order valence-corrected chi connectivity index (χ2v) is 3.80. The summed E-state index contributed by atoms with van der Waals surface area (Å²) < 4.78 is 6.77. The standard InChI is InChI=1S/C11H16N6O/c1-4-5-12-10-14-9(15-11(16-10)18-3)8-6-13-17(2)7-8/h6-7H,4-5H2,1-3H3,(H,12,14,15,16). The van der Waals surface area contributed by atoms with Gasteiger partial charge in [-0.1, -0.05) is 6.92 Å². The van der Waals surface area contributed by atoms with E-state index in [0.29, 0.717) is 17.8 Å². The van der Waals surface area contributed by atoms with Gasteiger partial charge in [0.1, 0.15) is 0 Å². The van der Waals surface area contributed by atoms with Crippen LogP contribution >= 0.6 is 0 Å².